The molecular formula is C8H18N4. The maximum Gasteiger partial charge on any atom is 0.0101 e. The summed E-state index contributed by atoms with van der Waals surface area (Å²) in [5, 5.41) is 0. The number of rotatable bonds is 0. The molecule has 2 rings (SSSR count). The van der Waals surface area contributed by atoms with E-state index in [1.165, 1.54) is 0 Å². The normalized spacial score (nSPS) is 59.0. The van der Waals surface area contributed by atoms with Gasteiger partial charge in [-0.1, -0.05) is 0 Å². The van der Waals surface area contributed by atoms with E-state index >= 15 is 0 Å². The molecule has 4 atom stereocenters. The number of nitrogens with two attached hydrogens (primary N) is 4. The molecule has 12 heavy (non-hydrogen) atoms. The summed E-state index contributed by atoms with van der Waals surface area (Å²) in [4.78, 5) is 0. The second-order valence-corrected chi connectivity index (χ2v) is 4.28. The zero-order chi connectivity index (χ0) is 8.88. The average molecular weight is 170 g/mol. The Kier molecular flexibility index (Phi) is 1.88. The molecule has 0 heterocycles. The van der Waals surface area contributed by atoms with Gasteiger partial charge in [0.2, 0.25) is 0 Å². The van der Waals surface area contributed by atoms with Crippen LogP contribution in [0.3, 0.4) is 0 Å². The molecule has 0 saturated heterocycles. The van der Waals surface area contributed by atoms with E-state index in [-0.39, 0.29) is 24.2 Å². The Hall–Kier alpha value is -0.160. The van der Waals surface area contributed by atoms with Crippen molar-refractivity contribution in [3.63, 3.8) is 0 Å². The Morgan fingerprint density at radius 3 is 1.08 bits per heavy atom. The van der Waals surface area contributed by atoms with Crippen molar-refractivity contribution in [2.24, 2.45) is 34.8 Å². The van der Waals surface area contributed by atoms with Crippen LogP contribution in [0, 0.1) is 11.8 Å². The Labute approximate surface area is 72.6 Å². The first-order chi connectivity index (χ1) is 5.61. The lowest BCUT2D eigenvalue weighted by Gasteiger charge is -2.20. The second kappa shape index (κ2) is 2.67. The molecule has 0 aromatic carbocycles. The summed E-state index contributed by atoms with van der Waals surface area (Å²) in [7, 11) is 0. The predicted octanol–water partition coefficient (Wildman–Crippen LogP) is -1.66. The van der Waals surface area contributed by atoms with E-state index < -0.39 is 0 Å². The van der Waals surface area contributed by atoms with Crippen LogP contribution < -0.4 is 22.9 Å². The molecule has 2 aliphatic carbocycles. The highest BCUT2D eigenvalue weighted by molar-refractivity contribution is 5.08. The van der Waals surface area contributed by atoms with Crippen molar-refractivity contribution < 1.29 is 0 Å². The van der Waals surface area contributed by atoms with E-state index in [0.29, 0.717) is 11.8 Å². The van der Waals surface area contributed by atoms with Gasteiger partial charge in [-0.05, 0) is 24.7 Å². The average Bonchev–Trinajstić information content (AvgIpc) is 2.38. The fourth-order valence-corrected chi connectivity index (χ4v) is 3.03. The van der Waals surface area contributed by atoms with Crippen LogP contribution in [0.25, 0.3) is 0 Å². The summed E-state index contributed by atoms with van der Waals surface area (Å²) in [6.07, 6.45) is 1.77. The summed E-state index contributed by atoms with van der Waals surface area (Å²) >= 11 is 0. The zero-order valence-electron chi connectivity index (χ0n) is 7.19. The maximum atomic E-state index is 5.95. The smallest absolute Gasteiger partial charge is 0.0101 e. The maximum absolute atomic E-state index is 5.95. The van der Waals surface area contributed by atoms with E-state index in [1.807, 2.05) is 0 Å². The molecule has 2 saturated carbocycles. The van der Waals surface area contributed by atoms with Gasteiger partial charge in [0.15, 0.2) is 0 Å². The third kappa shape index (κ3) is 0.992. The molecule has 0 aromatic heterocycles. The van der Waals surface area contributed by atoms with Crippen molar-refractivity contribution in [1.82, 2.24) is 0 Å². The SMILES string of the molecule is NC1CC(N)C2C(N)CC(N)C12. The van der Waals surface area contributed by atoms with Crippen LogP contribution in [0.15, 0.2) is 0 Å². The molecule has 0 aromatic rings. The first-order valence-electron chi connectivity index (χ1n) is 4.63. The van der Waals surface area contributed by atoms with Crippen LogP contribution >= 0.6 is 0 Å². The first kappa shape index (κ1) is 8.44. The molecule has 8 N–H and O–H groups in total. The molecular weight excluding hydrogens is 152 g/mol. The van der Waals surface area contributed by atoms with E-state index in [9.17, 15) is 0 Å². The highest BCUT2D eigenvalue weighted by Gasteiger charge is 2.50. The fourth-order valence-electron chi connectivity index (χ4n) is 3.03. The lowest BCUT2D eigenvalue weighted by Crippen LogP contribution is -2.38. The standard InChI is InChI=1S/C8H18N4/c9-3-1-4(10)8-6(12)2-5(11)7(3)8/h3-8H,1-2,9-12H2. The van der Waals surface area contributed by atoms with Gasteiger partial charge in [0, 0.05) is 24.2 Å². The van der Waals surface area contributed by atoms with Gasteiger partial charge in [-0.15, -0.1) is 0 Å². The topological polar surface area (TPSA) is 104 Å². The van der Waals surface area contributed by atoms with Crippen molar-refractivity contribution in [2.45, 2.75) is 37.0 Å². The highest BCUT2D eigenvalue weighted by atomic mass is 14.9. The van der Waals surface area contributed by atoms with Gasteiger partial charge in [-0.25, -0.2) is 0 Å². The van der Waals surface area contributed by atoms with Crippen LogP contribution in [0.5, 0.6) is 0 Å². The highest BCUT2D eigenvalue weighted by Crippen LogP contribution is 2.41. The zero-order valence-corrected chi connectivity index (χ0v) is 7.19. The molecule has 0 amide bonds. The lowest BCUT2D eigenvalue weighted by atomic mass is 9.93. The number of hydrogen-bond donors (Lipinski definition) is 4. The largest absolute Gasteiger partial charge is 0.327 e. The summed E-state index contributed by atoms with van der Waals surface area (Å²) < 4.78 is 0. The molecule has 4 unspecified atom stereocenters. The van der Waals surface area contributed by atoms with Gasteiger partial charge in [-0.2, -0.15) is 0 Å². The molecule has 0 radical (unpaired) electrons. The molecule has 0 spiro atoms. The van der Waals surface area contributed by atoms with Crippen LogP contribution in [0.4, 0.5) is 0 Å². The quantitative estimate of drug-likeness (QED) is 0.349. The van der Waals surface area contributed by atoms with Crippen LogP contribution in [-0.2, 0) is 0 Å². The van der Waals surface area contributed by atoms with Gasteiger partial charge >= 0.3 is 0 Å². The Morgan fingerprint density at radius 2 is 0.833 bits per heavy atom. The van der Waals surface area contributed by atoms with Crippen molar-refractivity contribution in [1.29, 1.82) is 0 Å². The van der Waals surface area contributed by atoms with Gasteiger partial charge in [-0.3, -0.25) is 0 Å². The Balaban J connectivity index is 2.20. The molecule has 2 fully saturated rings. The molecule has 0 aliphatic heterocycles. The Morgan fingerprint density at radius 1 is 0.583 bits per heavy atom. The van der Waals surface area contributed by atoms with Crippen molar-refractivity contribution in [3.05, 3.63) is 0 Å². The summed E-state index contributed by atoms with van der Waals surface area (Å²) in [5.74, 6) is 0.741. The van der Waals surface area contributed by atoms with Gasteiger partial charge in [0.05, 0.1) is 0 Å². The monoisotopic (exact) mass is 170 g/mol. The van der Waals surface area contributed by atoms with Crippen LogP contribution in [0.1, 0.15) is 12.8 Å². The molecule has 0 bridgehead atoms. The third-order valence-corrected chi connectivity index (χ3v) is 3.51. The summed E-state index contributed by atoms with van der Waals surface area (Å²) in [6.45, 7) is 0. The predicted molar refractivity (Wildman–Crippen MR) is 48.1 cm³/mol. The van der Waals surface area contributed by atoms with Crippen molar-refractivity contribution in [3.8, 4) is 0 Å². The minimum absolute atomic E-state index is 0.175. The molecule has 2 aliphatic rings. The summed E-state index contributed by atoms with van der Waals surface area (Å²) in [5.41, 5.74) is 23.8. The number of hydrogen-bond acceptors (Lipinski definition) is 4. The van der Waals surface area contributed by atoms with E-state index in [2.05, 4.69) is 0 Å². The molecule has 4 heteroatoms. The van der Waals surface area contributed by atoms with Gasteiger partial charge in [0.1, 0.15) is 0 Å². The lowest BCUT2D eigenvalue weighted by molar-refractivity contribution is 0.355. The second-order valence-electron chi connectivity index (χ2n) is 4.28. The third-order valence-electron chi connectivity index (χ3n) is 3.51. The minimum atomic E-state index is 0.175. The fraction of sp³-hybridized carbons (Fsp3) is 1.00. The van der Waals surface area contributed by atoms with E-state index in [0.717, 1.165) is 12.8 Å². The molecule has 4 nitrogen and oxygen atoms in total. The van der Waals surface area contributed by atoms with Crippen molar-refractivity contribution >= 4 is 0 Å². The first-order valence-corrected chi connectivity index (χ1v) is 4.63. The number of fused-ring (bicyclic) bond motifs is 1. The van der Waals surface area contributed by atoms with Crippen LogP contribution in [-0.4, -0.2) is 24.2 Å². The van der Waals surface area contributed by atoms with E-state index in [4.69, 9.17) is 22.9 Å². The van der Waals surface area contributed by atoms with E-state index in [1.54, 1.807) is 0 Å². The molecule has 70 valence electrons. The van der Waals surface area contributed by atoms with Gasteiger partial charge < -0.3 is 22.9 Å². The summed E-state index contributed by atoms with van der Waals surface area (Å²) in [6, 6.07) is 0.698. The van der Waals surface area contributed by atoms with Crippen LogP contribution in [0.2, 0.25) is 0 Å². The van der Waals surface area contributed by atoms with Gasteiger partial charge in [0.25, 0.3) is 0 Å². The van der Waals surface area contributed by atoms with Crippen molar-refractivity contribution in [2.75, 3.05) is 0 Å². The Bertz CT molecular complexity index is 148. The minimum Gasteiger partial charge on any atom is -0.327 e.